The zero-order valence-electron chi connectivity index (χ0n) is 14.2. The van der Waals surface area contributed by atoms with Gasteiger partial charge in [-0.25, -0.2) is 13.4 Å². The van der Waals surface area contributed by atoms with Crippen molar-refractivity contribution in [1.82, 2.24) is 18.8 Å². The van der Waals surface area contributed by atoms with Gasteiger partial charge in [-0.15, -0.1) is 0 Å². The summed E-state index contributed by atoms with van der Waals surface area (Å²) in [4.78, 5) is 18.3. The van der Waals surface area contributed by atoms with Gasteiger partial charge in [0.25, 0.3) is 5.91 Å². The molecule has 26 heavy (non-hydrogen) atoms. The molecular formula is C17H18N4O4S. The molecule has 0 saturated carbocycles. The Bertz CT molecular complexity index is 1060. The fourth-order valence-corrected chi connectivity index (χ4v) is 4.53. The minimum absolute atomic E-state index is 0.0780. The molecule has 0 atom stereocenters. The third-order valence-electron chi connectivity index (χ3n) is 4.55. The molecule has 1 aliphatic rings. The van der Waals surface area contributed by atoms with Gasteiger partial charge in [-0.2, -0.15) is 4.31 Å². The van der Waals surface area contributed by atoms with Crippen LogP contribution in [-0.2, 0) is 17.1 Å². The van der Waals surface area contributed by atoms with E-state index in [9.17, 15) is 13.2 Å². The quantitative estimate of drug-likeness (QED) is 0.690. The summed E-state index contributed by atoms with van der Waals surface area (Å²) in [6.07, 6.45) is 4.86. The number of benzene rings is 1. The fourth-order valence-electron chi connectivity index (χ4n) is 3.09. The van der Waals surface area contributed by atoms with Crippen molar-refractivity contribution in [2.45, 2.75) is 4.90 Å². The molecule has 1 aliphatic heterocycles. The minimum Gasteiger partial charge on any atom is -0.443 e. The topological polar surface area (TPSA) is 88.7 Å². The van der Waals surface area contributed by atoms with Crippen molar-refractivity contribution in [3.63, 3.8) is 0 Å². The van der Waals surface area contributed by atoms with Crippen LogP contribution in [0.5, 0.6) is 0 Å². The molecule has 9 heteroatoms. The summed E-state index contributed by atoms with van der Waals surface area (Å²) < 4.78 is 34.1. The molecule has 0 bridgehead atoms. The van der Waals surface area contributed by atoms with E-state index < -0.39 is 10.0 Å². The number of sulfonamides is 1. The highest BCUT2D eigenvalue weighted by molar-refractivity contribution is 7.89. The smallest absolute Gasteiger partial charge is 0.255 e. The van der Waals surface area contributed by atoms with E-state index in [1.54, 1.807) is 23.2 Å². The van der Waals surface area contributed by atoms with Gasteiger partial charge in [0, 0.05) is 51.7 Å². The fraction of sp³-hybridized carbons (Fsp3) is 0.294. The van der Waals surface area contributed by atoms with Gasteiger partial charge < -0.3 is 13.9 Å². The molecule has 3 aromatic rings. The maximum absolute atomic E-state index is 12.9. The normalized spacial score (nSPS) is 16.3. The molecule has 0 radical (unpaired) electrons. The molecule has 1 saturated heterocycles. The van der Waals surface area contributed by atoms with Crippen LogP contribution < -0.4 is 0 Å². The first-order chi connectivity index (χ1) is 12.4. The number of aromatic nitrogens is 2. The van der Waals surface area contributed by atoms with Crippen molar-refractivity contribution in [3.05, 3.63) is 48.6 Å². The van der Waals surface area contributed by atoms with Crippen molar-refractivity contribution < 1.29 is 17.6 Å². The molecule has 2 aromatic heterocycles. The molecule has 0 spiro atoms. The van der Waals surface area contributed by atoms with Crippen LogP contribution >= 0.6 is 0 Å². The molecule has 0 aliphatic carbocycles. The maximum Gasteiger partial charge on any atom is 0.255 e. The van der Waals surface area contributed by atoms with Gasteiger partial charge in [0.15, 0.2) is 12.0 Å². The SMILES string of the molecule is Cn1ccc(C(=O)N2CCN(S(=O)(=O)c3ccc4ncoc4c3)CC2)c1. The van der Waals surface area contributed by atoms with E-state index in [0.717, 1.165) is 0 Å². The Balaban J connectivity index is 1.49. The van der Waals surface area contributed by atoms with Crippen LogP contribution in [0.1, 0.15) is 10.4 Å². The summed E-state index contributed by atoms with van der Waals surface area (Å²) in [7, 11) is -1.78. The predicted octanol–water partition coefficient (Wildman–Crippen LogP) is 1.31. The summed E-state index contributed by atoms with van der Waals surface area (Å²) in [5.74, 6) is -0.0780. The molecule has 1 amide bonds. The largest absolute Gasteiger partial charge is 0.443 e. The maximum atomic E-state index is 12.9. The third-order valence-corrected chi connectivity index (χ3v) is 6.44. The van der Waals surface area contributed by atoms with Crippen LogP contribution in [0.4, 0.5) is 0 Å². The molecule has 8 nitrogen and oxygen atoms in total. The average Bonchev–Trinajstić information content (AvgIpc) is 3.29. The van der Waals surface area contributed by atoms with Crippen LogP contribution in [0.2, 0.25) is 0 Å². The Morgan fingerprint density at radius 2 is 1.92 bits per heavy atom. The summed E-state index contributed by atoms with van der Waals surface area (Å²) in [6.45, 7) is 1.24. The van der Waals surface area contributed by atoms with Crippen molar-refractivity contribution >= 4 is 27.0 Å². The zero-order valence-corrected chi connectivity index (χ0v) is 15.0. The van der Waals surface area contributed by atoms with Gasteiger partial charge in [-0.1, -0.05) is 0 Å². The first kappa shape index (κ1) is 16.8. The predicted molar refractivity (Wildman–Crippen MR) is 94.1 cm³/mol. The summed E-state index contributed by atoms with van der Waals surface area (Å²) in [5.41, 5.74) is 1.66. The Morgan fingerprint density at radius 3 is 2.62 bits per heavy atom. The van der Waals surface area contributed by atoms with Gasteiger partial charge in [0.1, 0.15) is 5.52 Å². The minimum atomic E-state index is -3.64. The van der Waals surface area contributed by atoms with Crippen LogP contribution in [0.15, 0.2) is 52.4 Å². The van der Waals surface area contributed by atoms with Gasteiger partial charge in [0.2, 0.25) is 10.0 Å². The number of nitrogens with zero attached hydrogens (tertiary/aromatic N) is 4. The number of rotatable bonds is 3. The van der Waals surface area contributed by atoms with Crippen molar-refractivity contribution in [1.29, 1.82) is 0 Å². The van der Waals surface area contributed by atoms with E-state index in [1.807, 2.05) is 17.8 Å². The Labute approximate surface area is 150 Å². The summed E-state index contributed by atoms with van der Waals surface area (Å²) in [5, 5.41) is 0. The van der Waals surface area contributed by atoms with E-state index in [1.165, 1.54) is 22.8 Å². The van der Waals surface area contributed by atoms with Crippen molar-refractivity contribution in [3.8, 4) is 0 Å². The summed E-state index contributed by atoms with van der Waals surface area (Å²) in [6, 6.07) is 6.40. The van der Waals surface area contributed by atoms with Crippen LogP contribution in [-0.4, -0.2) is 59.3 Å². The molecule has 0 unspecified atom stereocenters. The first-order valence-corrected chi connectivity index (χ1v) is 9.64. The van der Waals surface area contributed by atoms with Crippen molar-refractivity contribution in [2.75, 3.05) is 26.2 Å². The number of amides is 1. The third kappa shape index (κ3) is 2.89. The van der Waals surface area contributed by atoms with Gasteiger partial charge >= 0.3 is 0 Å². The lowest BCUT2D eigenvalue weighted by atomic mass is 10.2. The molecule has 1 fully saturated rings. The number of oxazole rings is 1. The van der Waals surface area contributed by atoms with Gasteiger partial charge in [0.05, 0.1) is 10.5 Å². The number of carbonyl (C=O) groups is 1. The molecular weight excluding hydrogens is 356 g/mol. The van der Waals surface area contributed by atoms with Crippen LogP contribution in [0.25, 0.3) is 11.1 Å². The standard InChI is InChI=1S/C17H18N4O4S/c1-19-5-4-13(11-19)17(22)20-6-8-21(9-7-20)26(23,24)14-2-3-15-16(10-14)25-12-18-15/h2-5,10-12H,6-9H2,1H3. The van der Waals surface area contributed by atoms with Gasteiger partial charge in [-0.05, 0) is 18.2 Å². The second kappa shape index (κ2) is 6.26. The Hall–Kier alpha value is -2.65. The molecule has 1 aromatic carbocycles. The van der Waals surface area contributed by atoms with Gasteiger partial charge in [-0.3, -0.25) is 4.79 Å². The zero-order chi connectivity index (χ0) is 18.3. The highest BCUT2D eigenvalue weighted by Gasteiger charge is 2.31. The second-order valence-corrected chi connectivity index (χ2v) is 8.18. The van der Waals surface area contributed by atoms with Crippen LogP contribution in [0.3, 0.4) is 0 Å². The number of piperazine rings is 1. The lowest BCUT2D eigenvalue weighted by Gasteiger charge is -2.33. The number of fused-ring (bicyclic) bond motifs is 1. The van der Waals surface area contributed by atoms with E-state index >= 15 is 0 Å². The molecule has 136 valence electrons. The number of hydrogen-bond acceptors (Lipinski definition) is 5. The van der Waals surface area contributed by atoms with E-state index in [-0.39, 0.29) is 23.9 Å². The molecule has 3 heterocycles. The van der Waals surface area contributed by atoms with E-state index in [2.05, 4.69) is 4.98 Å². The number of hydrogen-bond donors (Lipinski definition) is 0. The Morgan fingerprint density at radius 1 is 1.15 bits per heavy atom. The average molecular weight is 374 g/mol. The summed E-state index contributed by atoms with van der Waals surface area (Å²) >= 11 is 0. The van der Waals surface area contributed by atoms with Crippen molar-refractivity contribution in [2.24, 2.45) is 7.05 Å². The second-order valence-electron chi connectivity index (χ2n) is 6.24. The van der Waals surface area contributed by atoms with E-state index in [4.69, 9.17) is 4.42 Å². The lowest BCUT2D eigenvalue weighted by molar-refractivity contribution is 0.0698. The lowest BCUT2D eigenvalue weighted by Crippen LogP contribution is -2.50. The highest BCUT2D eigenvalue weighted by Crippen LogP contribution is 2.22. The molecule has 0 N–H and O–H groups in total. The molecule has 4 rings (SSSR count). The number of aryl methyl sites for hydroxylation is 1. The first-order valence-electron chi connectivity index (χ1n) is 8.20. The highest BCUT2D eigenvalue weighted by atomic mass is 32.2. The Kier molecular flexibility index (Phi) is 4.04. The van der Waals surface area contributed by atoms with E-state index in [0.29, 0.717) is 29.8 Å². The number of carbonyl (C=O) groups excluding carboxylic acids is 1. The van der Waals surface area contributed by atoms with Crippen LogP contribution in [0, 0.1) is 0 Å². The monoisotopic (exact) mass is 374 g/mol.